The number of amides is 1. The monoisotopic (exact) mass is 271 g/mol. The number of aromatic nitrogens is 2. The highest BCUT2D eigenvalue weighted by Crippen LogP contribution is 2.16. The normalized spacial score (nSPS) is 14.6. The maximum atomic E-state index is 13.0. The number of nitrogens with one attached hydrogen (secondary N) is 1. The maximum Gasteiger partial charge on any atom is 0.246 e. The van der Waals surface area contributed by atoms with Crippen LogP contribution in [0.4, 0.5) is 4.39 Å². The number of nitrogens with zero attached hydrogens (tertiary/aromatic N) is 2. The lowest BCUT2D eigenvalue weighted by atomic mass is 10.1. The van der Waals surface area contributed by atoms with Gasteiger partial charge in [-0.1, -0.05) is 12.1 Å². The van der Waals surface area contributed by atoms with Gasteiger partial charge in [0.25, 0.3) is 0 Å². The van der Waals surface area contributed by atoms with Crippen molar-refractivity contribution >= 4 is 12.0 Å². The summed E-state index contributed by atoms with van der Waals surface area (Å²) in [6.07, 6.45) is 5.66. The number of hydrogen-bond donors (Lipinski definition) is 1. The van der Waals surface area contributed by atoms with Gasteiger partial charge in [0, 0.05) is 36.8 Å². The van der Waals surface area contributed by atoms with E-state index in [9.17, 15) is 9.18 Å². The number of aromatic amines is 1. The Bertz CT molecular complexity index is 663. The smallest absolute Gasteiger partial charge is 0.246 e. The lowest BCUT2D eigenvalue weighted by Crippen LogP contribution is -2.34. The van der Waals surface area contributed by atoms with Crippen LogP contribution >= 0.6 is 0 Å². The van der Waals surface area contributed by atoms with Gasteiger partial charge in [-0.25, -0.2) is 4.39 Å². The van der Waals surface area contributed by atoms with Crippen LogP contribution in [-0.4, -0.2) is 27.5 Å². The van der Waals surface area contributed by atoms with Gasteiger partial charge in [0.2, 0.25) is 5.91 Å². The van der Waals surface area contributed by atoms with E-state index in [2.05, 4.69) is 10.2 Å². The topological polar surface area (TPSA) is 49.0 Å². The molecule has 0 unspecified atom stereocenters. The highest BCUT2D eigenvalue weighted by molar-refractivity contribution is 5.91. The van der Waals surface area contributed by atoms with Gasteiger partial charge in [-0.05, 0) is 23.8 Å². The SMILES string of the molecule is O=C(C=Cc1cccc(F)c1)N1CCc2[nH]ncc2C1. The molecule has 0 fully saturated rings. The van der Waals surface area contributed by atoms with Crippen LogP contribution in [0.15, 0.2) is 36.5 Å². The third kappa shape index (κ3) is 2.61. The number of halogens is 1. The molecule has 3 rings (SSSR count). The molecule has 0 bridgehead atoms. The molecule has 1 amide bonds. The first-order valence-corrected chi connectivity index (χ1v) is 6.46. The Hall–Kier alpha value is -2.43. The predicted molar refractivity (Wildman–Crippen MR) is 73.1 cm³/mol. The Morgan fingerprint density at radius 2 is 2.35 bits per heavy atom. The summed E-state index contributed by atoms with van der Waals surface area (Å²) in [6, 6.07) is 6.16. The number of carbonyl (C=O) groups is 1. The van der Waals surface area contributed by atoms with Crippen LogP contribution in [0.2, 0.25) is 0 Å². The summed E-state index contributed by atoms with van der Waals surface area (Å²) in [4.78, 5) is 13.9. The van der Waals surface area contributed by atoms with Crippen molar-refractivity contribution in [2.24, 2.45) is 0 Å². The van der Waals surface area contributed by atoms with Gasteiger partial charge in [0.15, 0.2) is 0 Å². The molecule has 1 aromatic carbocycles. The van der Waals surface area contributed by atoms with Crippen molar-refractivity contribution in [1.82, 2.24) is 15.1 Å². The quantitative estimate of drug-likeness (QED) is 0.851. The Balaban J connectivity index is 1.68. The van der Waals surface area contributed by atoms with Crippen molar-refractivity contribution in [1.29, 1.82) is 0 Å². The molecule has 1 aromatic heterocycles. The average molecular weight is 271 g/mol. The minimum absolute atomic E-state index is 0.0684. The summed E-state index contributed by atoms with van der Waals surface area (Å²) in [5.41, 5.74) is 2.84. The third-order valence-corrected chi connectivity index (χ3v) is 3.38. The zero-order valence-electron chi connectivity index (χ0n) is 10.8. The van der Waals surface area contributed by atoms with Crippen molar-refractivity contribution in [3.8, 4) is 0 Å². The van der Waals surface area contributed by atoms with E-state index in [0.717, 1.165) is 17.7 Å². The first-order valence-electron chi connectivity index (χ1n) is 6.46. The van der Waals surface area contributed by atoms with E-state index in [-0.39, 0.29) is 11.7 Å². The van der Waals surface area contributed by atoms with Gasteiger partial charge >= 0.3 is 0 Å². The second-order valence-electron chi connectivity index (χ2n) is 4.77. The fourth-order valence-corrected chi connectivity index (χ4v) is 2.29. The number of benzene rings is 1. The lowest BCUT2D eigenvalue weighted by molar-refractivity contribution is -0.126. The van der Waals surface area contributed by atoms with Gasteiger partial charge < -0.3 is 4.90 Å². The van der Waals surface area contributed by atoms with Crippen LogP contribution in [0.5, 0.6) is 0 Å². The minimum Gasteiger partial charge on any atom is -0.334 e. The van der Waals surface area contributed by atoms with Crippen LogP contribution in [0.3, 0.4) is 0 Å². The van der Waals surface area contributed by atoms with E-state index in [4.69, 9.17) is 0 Å². The third-order valence-electron chi connectivity index (χ3n) is 3.38. The highest BCUT2D eigenvalue weighted by atomic mass is 19.1. The van der Waals surface area contributed by atoms with Crippen molar-refractivity contribution in [3.05, 3.63) is 59.2 Å². The second-order valence-corrected chi connectivity index (χ2v) is 4.77. The fraction of sp³-hybridized carbons (Fsp3) is 0.200. The molecule has 102 valence electrons. The zero-order chi connectivity index (χ0) is 13.9. The minimum atomic E-state index is -0.305. The van der Waals surface area contributed by atoms with E-state index in [1.165, 1.54) is 18.2 Å². The molecular formula is C15H14FN3O. The first-order chi connectivity index (χ1) is 9.72. The second kappa shape index (κ2) is 5.28. The highest BCUT2D eigenvalue weighted by Gasteiger charge is 2.20. The molecule has 0 radical (unpaired) electrons. The Kier molecular flexibility index (Phi) is 3.33. The summed E-state index contributed by atoms with van der Waals surface area (Å²) in [6.45, 7) is 1.24. The Labute approximate surface area is 115 Å². The van der Waals surface area contributed by atoms with Crippen LogP contribution in [0, 0.1) is 5.82 Å². The van der Waals surface area contributed by atoms with Gasteiger partial charge in [0.1, 0.15) is 5.82 Å². The molecule has 0 spiro atoms. The van der Waals surface area contributed by atoms with Crippen molar-refractivity contribution < 1.29 is 9.18 Å². The molecule has 1 aliphatic heterocycles. The van der Waals surface area contributed by atoms with Crippen molar-refractivity contribution in [3.63, 3.8) is 0 Å². The van der Waals surface area contributed by atoms with Gasteiger partial charge in [-0.15, -0.1) is 0 Å². The van der Waals surface area contributed by atoms with Crippen LogP contribution in [-0.2, 0) is 17.8 Å². The summed E-state index contributed by atoms with van der Waals surface area (Å²) in [7, 11) is 0. The number of carbonyl (C=O) groups excluding carboxylic acids is 1. The summed E-state index contributed by atoms with van der Waals surface area (Å²) >= 11 is 0. The number of hydrogen-bond acceptors (Lipinski definition) is 2. The first kappa shape index (κ1) is 12.6. The Morgan fingerprint density at radius 3 is 3.20 bits per heavy atom. The number of rotatable bonds is 2. The fourth-order valence-electron chi connectivity index (χ4n) is 2.29. The van der Waals surface area contributed by atoms with E-state index < -0.39 is 0 Å². The van der Waals surface area contributed by atoms with Gasteiger partial charge in [0.05, 0.1) is 6.20 Å². The summed E-state index contributed by atoms with van der Waals surface area (Å²) < 4.78 is 13.0. The van der Waals surface area contributed by atoms with Crippen LogP contribution in [0.25, 0.3) is 6.08 Å². The number of H-pyrrole nitrogens is 1. The van der Waals surface area contributed by atoms with E-state index >= 15 is 0 Å². The zero-order valence-corrected chi connectivity index (χ0v) is 10.8. The van der Waals surface area contributed by atoms with E-state index in [0.29, 0.717) is 18.7 Å². The molecule has 0 atom stereocenters. The molecule has 0 saturated carbocycles. The maximum absolute atomic E-state index is 13.0. The largest absolute Gasteiger partial charge is 0.334 e. The molecule has 1 N–H and O–H groups in total. The predicted octanol–water partition coefficient (Wildman–Crippen LogP) is 2.15. The van der Waals surface area contributed by atoms with E-state index in [1.54, 1.807) is 29.3 Å². The summed E-state index contributed by atoms with van der Waals surface area (Å²) in [5.74, 6) is -0.373. The standard InChI is InChI=1S/C15H14FN3O/c16-13-3-1-2-11(8-13)4-5-15(20)19-7-6-14-12(10-19)9-17-18-14/h1-5,8-9H,6-7,10H2,(H,17,18). The van der Waals surface area contributed by atoms with Gasteiger partial charge in [-0.3, -0.25) is 9.89 Å². The van der Waals surface area contributed by atoms with E-state index in [1.807, 2.05) is 0 Å². The van der Waals surface area contributed by atoms with Crippen LogP contribution in [0.1, 0.15) is 16.8 Å². The Morgan fingerprint density at radius 1 is 1.45 bits per heavy atom. The summed E-state index contributed by atoms with van der Waals surface area (Å²) in [5, 5.41) is 6.91. The molecule has 0 saturated heterocycles. The van der Waals surface area contributed by atoms with Crippen molar-refractivity contribution in [2.45, 2.75) is 13.0 Å². The molecule has 1 aliphatic rings. The molecule has 20 heavy (non-hydrogen) atoms. The molecule has 4 nitrogen and oxygen atoms in total. The number of fused-ring (bicyclic) bond motifs is 1. The van der Waals surface area contributed by atoms with Crippen molar-refractivity contribution in [2.75, 3.05) is 6.54 Å². The molecular weight excluding hydrogens is 257 g/mol. The average Bonchev–Trinajstić information content (AvgIpc) is 2.92. The molecule has 2 heterocycles. The lowest BCUT2D eigenvalue weighted by Gasteiger charge is -2.25. The van der Waals surface area contributed by atoms with Crippen LogP contribution < -0.4 is 0 Å². The molecule has 5 heteroatoms. The molecule has 0 aliphatic carbocycles. The molecule has 2 aromatic rings. The van der Waals surface area contributed by atoms with Gasteiger partial charge in [-0.2, -0.15) is 5.10 Å².